The average molecular weight is 200 g/mol. The van der Waals surface area contributed by atoms with Gasteiger partial charge in [0.1, 0.15) is 11.6 Å². The summed E-state index contributed by atoms with van der Waals surface area (Å²) in [7, 11) is 0. The van der Waals surface area contributed by atoms with Crippen LogP contribution in [0.2, 0.25) is 0 Å². The fourth-order valence-electron chi connectivity index (χ4n) is 1.00. The van der Waals surface area contributed by atoms with Crippen LogP contribution < -0.4 is 11.1 Å². The molecule has 0 saturated carbocycles. The van der Waals surface area contributed by atoms with Crippen molar-refractivity contribution in [3.63, 3.8) is 0 Å². The van der Waals surface area contributed by atoms with Crippen molar-refractivity contribution in [3.8, 4) is 0 Å². The summed E-state index contributed by atoms with van der Waals surface area (Å²) in [6.07, 6.45) is 0. The van der Waals surface area contributed by atoms with E-state index < -0.39 is 11.6 Å². The van der Waals surface area contributed by atoms with Crippen LogP contribution in [-0.4, -0.2) is 13.1 Å². The van der Waals surface area contributed by atoms with Gasteiger partial charge in [0.25, 0.3) is 0 Å². The quantitative estimate of drug-likeness (QED) is 0.779. The highest BCUT2D eigenvalue weighted by atomic mass is 19.1. The van der Waals surface area contributed by atoms with Gasteiger partial charge >= 0.3 is 0 Å². The topological polar surface area (TPSA) is 38.0 Å². The summed E-state index contributed by atoms with van der Waals surface area (Å²) in [4.78, 5) is 0. The van der Waals surface area contributed by atoms with Crippen LogP contribution >= 0.6 is 0 Å². The zero-order valence-corrected chi connectivity index (χ0v) is 8.06. The normalized spacial score (nSPS) is 12.6. The minimum atomic E-state index is -0.450. The summed E-state index contributed by atoms with van der Waals surface area (Å²) < 4.78 is 25.8. The van der Waals surface area contributed by atoms with Crippen LogP contribution in [0.5, 0.6) is 0 Å². The van der Waals surface area contributed by atoms with E-state index in [4.69, 9.17) is 5.73 Å². The molecular formula is C10H14F2N2. The Hall–Kier alpha value is -1.16. The standard InChI is InChI=1S/C10H14F2N2/c1-7(5-13)6-14-10-4-8(11)2-3-9(10)12/h2-4,7,14H,5-6,13H2,1H3. The van der Waals surface area contributed by atoms with E-state index in [0.717, 1.165) is 18.2 Å². The molecule has 1 atom stereocenters. The number of benzene rings is 1. The zero-order chi connectivity index (χ0) is 10.6. The molecule has 78 valence electrons. The van der Waals surface area contributed by atoms with Crippen molar-refractivity contribution in [2.75, 3.05) is 18.4 Å². The fraction of sp³-hybridized carbons (Fsp3) is 0.400. The maximum atomic E-state index is 13.1. The minimum Gasteiger partial charge on any atom is -0.382 e. The van der Waals surface area contributed by atoms with Crippen LogP contribution in [0, 0.1) is 17.6 Å². The smallest absolute Gasteiger partial charge is 0.146 e. The molecule has 0 radical (unpaired) electrons. The average Bonchev–Trinajstić information content (AvgIpc) is 2.19. The maximum Gasteiger partial charge on any atom is 0.146 e. The van der Waals surface area contributed by atoms with E-state index in [-0.39, 0.29) is 11.6 Å². The van der Waals surface area contributed by atoms with Gasteiger partial charge in [0.05, 0.1) is 5.69 Å². The van der Waals surface area contributed by atoms with Crippen LogP contribution in [0.1, 0.15) is 6.92 Å². The second-order valence-corrected chi connectivity index (χ2v) is 3.35. The number of halogens is 2. The SMILES string of the molecule is CC(CN)CNc1cc(F)ccc1F. The summed E-state index contributed by atoms with van der Waals surface area (Å²) in [6, 6.07) is 3.33. The van der Waals surface area contributed by atoms with Crippen molar-refractivity contribution in [1.82, 2.24) is 0 Å². The number of nitrogens with two attached hydrogens (primary N) is 1. The molecule has 14 heavy (non-hydrogen) atoms. The van der Waals surface area contributed by atoms with Gasteiger partial charge in [-0.3, -0.25) is 0 Å². The summed E-state index contributed by atoms with van der Waals surface area (Å²) in [6.45, 7) is 2.99. The predicted molar refractivity (Wildman–Crippen MR) is 53.1 cm³/mol. The van der Waals surface area contributed by atoms with E-state index in [1.54, 1.807) is 0 Å². The number of hydrogen-bond donors (Lipinski definition) is 2. The Morgan fingerprint density at radius 1 is 1.43 bits per heavy atom. The third kappa shape index (κ3) is 2.96. The third-order valence-corrected chi connectivity index (χ3v) is 1.97. The summed E-state index contributed by atoms with van der Waals surface area (Å²) >= 11 is 0. The summed E-state index contributed by atoms with van der Waals surface area (Å²) in [5.41, 5.74) is 5.58. The van der Waals surface area contributed by atoms with Gasteiger partial charge in [-0.1, -0.05) is 6.92 Å². The third-order valence-electron chi connectivity index (χ3n) is 1.97. The van der Waals surface area contributed by atoms with Gasteiger partial charge in [-0.15, -0.1) is 0 Å². The molecule has 0 amide bonds. The van der Waals surface area contributed by atoms with Gasteiger partial charge in [0, 0.05) is 6.54 Å². The highest BCUT2D eigenvalue weighted by Crippen LogP contribution is 2.15. The van der Waals surface area contributed by atoms with Crippen molar-refractivity contribution in [2.24, 2.45) is 11.7 Å². The lowest BCUT2D eigenvalue weighted by Gasteiger charge is -2.11. The molecule has 0 saturated heterocycles. The largest absolute Gasteiger partial charge is 0.382 e. The highest BCUT2D eigenvalue weighted by Gasteiger charge is 2.04. The van der Waals surface area contributed by atoms with Gasteiger partial charge in [0.2, 0.25) is 0 Å². The second kappa shape index (κ2) is 4.91. The van der Waals surface area contributed by atoms with Crippen LogP contribution in [0.3, 0.4) is 0 Å². The Bertz CT molecular complexity index is 302. The van der Waals surface area contributed by atoms with Gasteiger partial charge in [-0.05, 0) is 30.7 Å². The molecule has 0 aliphatic rings. The number of rotatable bonds is 4. The molecule has 0 spiro atoms. The lowest BCUT2D eigenvalue weighted by molar-refractivity contribution is 0.593. The molecule has 0 aliphatic carbocycles. The lowest BCUT2D eigenvalue weighted by Crippen LogP contribution is -2.20. The molecule has 2 nitrogen and oxygen atoms in total. The Balaban J connectivity index is 2.62. The van der Waals surface area contributed by atoms with Crippen molar-refractivity contribution >= 4 is 5.69 Å². The summed E-state index contributed by atoms with van der Waals surface area (Å²) in [5.74, 6) is -0.664. The molecule has 0 aliphatic heterocycles. The lowest BCUT2D eigenvalue weighted by atomic mass is 10.2. The Morgan fingerprint density at radius 2 is 2.14 bits per heavy atom. The summed E-state index contributed by atoms with van der Waals surface area (Å²) in [5, 5.41) is 2.81. The minimum absolute atomic E-state index is 0.185. The van der Waals surface area contributed by atoms with E-state index in [9.17, 15) is 8.78 Å². The molecule has 1 rings (SSSR count). The Kier molecular flexibility index (Phi) is 3.83. The predicted octanol–water partition coefficient (Wildman–Crippen LogP) is 1.97. The van der Waals surface area contributed by atoms with E-state index in [0.29, 0.717) is 13.1 Å². The van der Waals surface area contributed by atoms with Crippen LogP contribution in [0.25, 0.3) is 0 Å². The van der Waals surface area contributed by atoms with Gasteiger partial charge in [-0.25, -0.2) is 8.78 Å². The van der Waals surface area contributed by atoms with Crippen LogP contribution in [0.15, 0.2) is 18.2 Å². The molecule has 1 unspecified atom stereocenters. The van der Waals surface area contributed by atoms with Gasteiger partial charge in [-0.2, -0.15) is 0 Å². The second-order valence-electron chi connectivity index (χ2n) is 3.35. The first kappa shape index (κ1) is 10.9. The first-order valence-corrected chi connectivity index (χ1v) is 4.52. The number of anilines is 1. The molecule has 1 aromatic rings. The maximum absolute atomic E-state index is 13.1. The van der Waals surface area contributed by atoms with Crippen molar-refractivity contribution in [2.45, 2.75) is 6.92 Å². The Morgan fingerprint density at radius 3 is 2.79 bits per heavy atom. The van der Waals surface area contributed by atoms with Gasteiger partial charge < -0.3 is 11.1 Å². The van der Waals surface area contributed by atoms with Crippen LogP contribution in [0.4, 0.5) is 14.5 Å². The molecule has 3 N–H and O–H groups in total. The van der Waals surface area contributed by atoms with E-state index in [1.807, 2.05) is 6.92 Å². The van der Waals surface area contributed by atoms with Crippen LogP contribution in [-0.2, 0) is 0 Å². The molecule has 0 bridgehead atoms. The Labute approximate surface area is 82.1 Å². The fourth-order valence-corrected chi connectivity index (χ4v) is 1.00. The molecule has 1 aromatic carbocycles. The first-order valence-electron chi connectivity index (χ1n) is 4.52. The molecule has 0 heterocycles. The van der Waals surface area contributed by atoms with E-state index in [2.05, 4.69) is 5.32 Å². The van der Waals surface area contributed by atoms with Crippen molar-refractivity contribution < 1.29 is 8.78 Å². The molecule has 0 aromatic heterocycles. The number of nitrogens with one attached hydrogen (secondary N) is 1. The monoisotopic (exact) mass is 200 g/mol. The van der Waals surface area contributed by atoms with E-state index in [1.165, 1.54) is 0 Å². The zero-order valence-electron chi connectivity index (χ0n) is 8.06. The van der Waals surface area contributed by atoms with Gasteiger partial charge in [0.15, 0.2) is 0 Å². The molecular weight excluding hydrogens is 186 g/mol. The number of hydrogen-bond acceptors (Lipinski definition) is 2. The molecule has 0 fully saturated rings. The van der Waals surface area contributed by atoms with Crippen molar-refractivity contribution in [3.05, 3.63) is 29.8 Å². The highest BCUT2D eigenvalue weighted by molar-refractivity contribution is 5.44. The van der Waals surface area contributed by atoms with Crippen molar-refractivity contribution in [1.29, 1.82) is 0 Å². The van der Waals surface area contributed by atoms with E-state index >= 15 is 0 Å². The molecule has 4 heteroatoms. The first-order chi connectivity index (χ1) is 6.63.